The Morgan fingerprint density at radius 3 is 2.50 bits per heavy atom. The highest BCUT2D eigenvalue weighted by molar-refractivity contribution is 5.75. The van der Waals surface area contributed by atoms with Crippen molar-refractivity contribution in [2.75, 3.05) is 13.7 Å². The first-order valence-electron chi connectivity index (χ1n) is 7.71. The van der Waals surface area contributed by atoms with Crippen LogP contribution in [0.1, 0.15) is 5.82 Å². The largest absolute Gasteiger partial charge is 0.497 e. The number of fused-ring (bicyclic) bond motifs is 1. The molecule has 3 aromatic rings. The highest BCUT2D eigenvalue weighted by Crippen LogP contribution is 2.19. The van der Waals surface area contributed by atoms with Crippen molar-refractivity contribution in [1.82, 2.24) is 9.55 Å². The van der Waals surface area contributed by atoms with E-state index in [1.54, 1.807) is 31.4 Å². The molecule has 0 spiro atoms. The zero-order valence-electron chi connectivity index (χ0n) is 13.4. The summed E-state index contributed by atoms with van der Waals surface area (Å²) in [4.78, 5) is 4.37. The summed E-state index contributed by atoms with van der Waals surface area (Å²) in [5, 5.41) is 19.8. The third-order valence-corrected chi connectivity index (χ3v) is 3.77. The molecular formula is C18H20N2O4. The Bertz CT molecular complexity index is 798. The van der Waals surface area contributed by atoms with Gasteiger partial charge in [0.1, 0.15) is 36.6 Å². The molecule has 0 saturated heterocycles. The van der Waals surface area contributed by atoms with E-state index in [0.29, 0.717) is 18.1 Å². The molecule has 0 saturated carbocycles. The number of aliphatic hydroxyl groups is 2. The van der Waals surface area contributed by atoms with Crippen LogP contribution in [0.3, 0.4) is 0 Å². The summed E-state index contributed by atoms with van der Waals surface area (Å²) in [6.45, 7) is 0.261. The topological polar surface area (TPSA) is 76.7 Å². The van der Waals surface area contributed by atoms with Gasteiger partial charge in [-0.05, 0) is 36.4 Å². The van der Waals surface area contributed by atoms with E-state index in [9.17, 15) is 10.2 Å². The van der Waals surface area contributed by atoms with Gasteiger partial charge in [0.25, 0.3) is 0 Å². The Balaban J connectivity index is 1.67. The van der Waals surface area contributed by atoms with Crippen LogP contribution in [0, 0.1) is 0 Å². The number of hydrogen-bond acceptors (Lipinski definition) is 5. The SMILES string of the molecule is COc1ccc(OC[C@H](O)Cn2c(CO)nc3ccccc32)cc1. The maximum absolute atomic E-state index is 10.3. The van der Waals surface area contributed by atoms with Gasteiger partial charge in [-0.1, -0.05) is 12.1 Å². The fraction of sp³-hybridized carbons (Fsp3) is 0.278. The predicted molar refractivity (Wildman–Crippen MR) is 90.2 cm³/mol. The van der Waals surface area contributed by atoms with E-state index in [1.807, 2.05) is 28.8 Å². The molecule has 1 aromatic heterocycles. The molecule has 24 heavy (non-hydrogen) atoms. The first-order chi connectivity index (χ1) is 11.7. The van der Waals surface area contributed by atoms with Crippen LogP contribution in [-0.4, -0.2) is 39.6 Å². The molecule has 2 aromatic carbocycles. The van der Waals surface area contributed by atoms with E-state index < -0.39 is 6.10 Å². The van der Waals surface area contributed by atoms with Gasteiger partial charge >= 0.3 is 0 Å². The van der Waals surface area contributed by atoms with Crippen molar-refractivity contribution in [3.63, 3.8) is 0 Å². The molecule has 126 valence electrons. The third-order valence-electron chi connectivity index (χ3n) is 3.77. The molecule has 6 heteroatoms. The van der Waals surface area contributed by atoms with Crippen molar-refractivity contribution in [3.05, 3.63) is 54.4 Å². The van der Waals surface area contributed by atoms with Crippen LogP contribution >= 0.6 is 0 Å². The molecule has 1 heterocycles. The van der Waals surface area contributed by atoms with Crippen molar-refractivity contribution < 1.29 is 19.7 Å². The van der Waals surface area contributed by atoms with Gasteiger partial charge in [0.15, 0.2) is 0 Å². The molecule has 2 N–H and O–H groups in total. The van der Waals surface area contributed by atoms with Gasteiger partial charge in [-0.3, -0.25) is 0 Å². The molecule has 3 rings (SSSR count). The predicted octanol–water partition coefficient (Wildman–Crippen LogP) is 1.98. The summed E-state index contributed by atoms with van der Waals surface area (Å²) in [7, 11) is 1.60. The zero-order chi connectivity index (χ0) is 16.9. The van der Waals surface area contributed by atoms with Crippen LogP contribution in [0.25, 0.3) is 11.0 Å². The number of rotatable bonds is 7. The normalized spacial score (nSPS) is 12.3. The number of imidazole rings is 1. The average Bonchev–Trinajstić information content (AvgIpc) is 2.98. The van der Waals surface area contributed by atoms with Gasteiger partial charge in [0, 0.05) is 0 Å². The molecule has 0 aliphatic heterocycles. The van der Waals surface area contributed by atoms with E-state index in [1.165, 1.54) is 0 Å². The fourth-order valence-corrected chi connectivity index (χ4v) is 2.58. The lowest BCUT2D eigenvalue weighted by atomic mass is 10.3. The zero-order valence-corrected chi connectivity index (χ0v) is 13.4. The lowest BCUT2D eigenvalue weighted by Gasteiger charge is -2.15. The van der Waals surface area contributed by atoms with Crippen LogP contribution in [0.15, 0.2) is 48.5 Å². The van der Waals surface area contributed by atoms with Crippen molar-refractivity contribution >= 4 is 11.0 Å². The molecule has 1 atom stereocenters. The van der Waals surface area contributed by atoms with Crippen LogP contribution in [0.2, 0.25) is 0 Å². The first kappa shape index (κ1) is 16.3. The number of ether oxygens (including phenoxy) is 2. The molecule has 0 radical (unpaired) electrons. The van der Waals surface area contributed by atoms with E-state index in [2.05, 4.69) is 4.98 Å². The summed E-state index contributed by atoms with van der Waals surface area (Å²) in [5.41, 5.74) is 1.68. The quantitative estimate of drug-likeness (QED) is 0.693. The van der Waals surface area contributed by atoms with Gasteiger partial charge in [-0.15, -0.1) is 0 Å². The molecule has 6 nitrogen and oxygen atoms in total. The number of nitrogens with zero attached hydrogens (tertiary/aromatic N) is 2. The molecule has 0 aliphatic carbocycles. The second kappa shape index (κ2) is 7.33. The minimum absolute atomic E-state index is 0.143. The number of para-hydroxylation sites is 2. The standard InChI is InChI=1S/C18H20N2O4/c1-23-14-6-8-15(9-7-14)24-12-13(22)10-20-17-5-3-2-4-16(17)19-18(20)11-21/h2-9,13,21-22H,10-12H2,1H3/t13-/m1/s1. The van der Waals surface area contributed by atoms with Crippen LogP contribution in [0.4, 0.5) is 0 Å². The lowest BCUT2D eigenvalue weighted by molar-refractivity contribution is 0.0914. The second-order valence-corrected chi connectivity index (χ2v) is 5.43. The number of benzene rings is 2. The van der Waals surface area contributed by atoms with Gasteiger partial charge < -0.3 is 24.3 Å². The molecule has 0 amide bonds. The second-order valence-electron chi connectivity index (χ2n) is 5.43. The van der Waals surface area contributed by atoms with Crippen molar-refractivity contribution in [3.8, 4) is 11.5 Å². The minimum atomic E-state index is -0.727. The smallest absolute Gasteiger partial charge is 0.135 e. The van der Waals surface area contributed by atoms with Crippen LogP contribution in [-0.2, 0) is 13.2 Å². The fourth-order valence-electron chi connectivity index (χ4n) is 2.58. The van der Waals surface area contributed by atoms with Crippen molar-refractivity contribution in [2.45, 2.75) is 19.3 Å². The Kier molecular flexibility index (Phi) is 4.98. The third kappa shape index (κ3) is 3.50. The average molecular weight is 328 g/mol. The Morgan fingerprint density at radius 2 is 1.79 bits per heavy atom. The lowest BCUT2D eigenvalue weighted by Crippen LogP contribution is -2.24. The number of methoxy groups -OCH3 is 1. The summed E-state index contributed by atoms with van der Waals surface area (Å²) in [6, 6.07) is 14.8. The highest BCUT2D eigenvalue weighted by atomic mass is 16.5. The summed E-state index contributed by atoms with van der Waals surface area (Å²) >= 11 is 0. The van der Waals surface area contributed by atoms with E-state index >= 15 is 0 Å². The summed E-state index contributed by atoms with van der Waals surface area (Å²) in [5.74, 6) is 1.94. The maximum Gasteiger partial charge on any atom is 0.135 e. The highest BCUT2D eigenvalue weighted by Gasteiger charge is 2.14. The molecule has 0 aliphatic rings. The van der Waals surface area contributed by atoms with Gasteiger partial charge in [-0.25, -0.2) is 4.98 Å². The van der Waals surface area contributed by atoms with E-state index in [0.717, 1.165) is 16.8 Å². The van der Waals surface area contributed by atoms with Crippen molar-refractivity contribution in [2.24, 2.45) is 0 Å². The minimum Gasteiger partial charge on any atom is -0.497 e. The van der Waals surface area contributed by atoms with E-state index in [4.69, 9.17) is 9.47 Å². The summed E-state index contributed by atoms with van der Waals surface area (Å²) < 4.78 is 12.5. The van der Waals surface area contributed by atoms with Crippen LogP contribution in [0.5, 0.6) is 11.5 Å². The van der Waals surface area contributed by atoms with Crippen molar-refractivity contribution in [1.29, 1.82) is 0 Å². The Morgan fingerprint density at radius 1 is 1.08 bits per heavy atom. The Hall–Kier alpha value is -2.57. The number of aliphatic hydroxyl groups excluding tert-OH is 2. The number of aromatic nitrogens is 2. The van der Waals surface area contributed by atoms with Gasteiger partial charge in [0.2, 0.25) is 0 Å². The molecule has 0 fully saturated rings. The van der Waals surface area contributed by atoms with Gasteiger partial charge in [0.05, 0.1) is 24.7 Å². The molecular weight excluding hydrogens is 308 g/mol. The van der Waals surface area contributed by atoms with E-state index in [-0.39, 0.29) is 13.2 Å². The first-order valence-corrected chi connectivity index (χ1v) is 7.71. The van der Waals surface area contributed by atoms with Crippen LogP contribution < -0.4 is 9.47 Å². The van der Waals surface area contributed by atoms with Gasteiger partial charge in [-0.2, -0.15) is 0 Å². The molecule has 0 unspecified atom stereocenters. The Labute approximate surface area is 139 Å². The summed E-state index contributed by atoms with van der Waals surface area (Å²) in [6.07, 6.45) is -0.727. The molecule has 0 bridgehead atoms. The maximum atomic E-state index is 10.3. The monoisotopic (exact) mass is 328 g/mol. The number of hydrogen-bond donors (Lipinski definition) is 2.